The number of hydrogen-bond acceptors (Lipinski definition) is 7. The first-order valence-electron chi connectivity index (χ1n) is 6.17. The molecule has 0 unspecified atom stereocenters. The van der Waals surface area contributed by atoms with Crippen LogP contribution in [0, 0.1) is 17.0 Å². The van der Waals surface area contributed by atoms with Gasteiger partial charge in [0.15, 0.2) is 5.82 Å². The molecule has 0 radical (unpaired) electrons. The minimum absolute atomic E-state index is 0.0958. The maximum absolute atomic E-state index is 11.3. The van der Waals surface area contributed by atoms with Gasteiger partial charge in [0.2, 0.25) is 11.8 Å². The minimum Gasteiger partial charge on any atom is -0.370 e. The Kier molecular flexibility index (Phi) is 3.01. The summed E-state index contributed by atoms with van der Waals surface area (Å²) in [6.07, 6.45) is 0.152. The number of hydrogen-bond donors (Lipinski definition) is 2. The van der Waals surface area contributed by atoms with Crippen molar-refractivity contribution in [3.8, 4) is 0 Å². The lowest BCUT2D eigenvalue weighted by atomic mass is 10.1. The van der Waals surface area contributed by atoms with E-state index in [2.05, 4.69) is 20.8 Å². The van der Waals surface area contributed by atoms with E-state index >= 15 is 0 Å². The van der Waals surface area contributed by atoms with E-state index in [1.807, 2.05) is 0 Å². The van der Waals surface area contributed by atoms with Gasteiger partial charge in [0.25, 0.3) is 5.69 Å². The SMILES string of the molecule is Cc1noc(CNc2cc3c(cc2[N+](=O)[O-])CC(=O)N3)n1. The Labute approximate surface area is 118 Å². The first-order chi connectivity index (χ1) is 10.0. The van der Waals surface area contributed by atoms with Gasteiger partial charge >= 0.3 is 0 Å². The second-order valence-electron chi connectivity index (χ2n) is 4.60. The van der Waals surface area contributed by atoms with Gasteiger partial charge in [-0.05, 0) is 18.6 Å². The Balaban J connectivity index is 1.88. The molecule has 0 atom stereocenters. The zero-order valence-corrected chi connectivity index (χ0v) is 11.0. The number of nitrogens with zero attached hydrogens (tertiary/aromatic N) is 3. The van der Waals surface area contributed by atoms with E-state index in [0.29, 0.717) is 23.0 Å². The summed E-state index contributed by atoms with van der Waals surface area (Å²) in [5, 5.41) is 20.3. The molecule has 3 rings (SSSR count). The second kappa shape index (κ2) is 4.85. The zero-order chi connectivity index (χ0) is 15.0. The maximum atomic E-state index is 11.3. The number of nitro groups is 1. The first kappa shape index (κ1) is 13.0. The molecule has 0 spiro atoms. The highest BCUT2D eigenvalue weighted by Gasteiger charge is 2.24. The monoisotopic (exact) mass is 289 g/mol. The predicted molar refractivity (Wildman–Crippen MR) is 71.8 cm³/mol. The van der Waals surface area contributed by atoms with Gasteiger partial charge in [-0.3, -0.25) is 14.9 Å². The van der Waals surface area contributed by atoms with Gasteiger partial charge in [-0.15, -0.1) is 0 Å². The first-order valence-corrected chi connectivity index (χ1v) is 6.17. The van der Waals surface area contributed by atoms with Crippen molar-refractivity contribution < 1.29 is 14.2 Å². The zero-order valence-electron chi connectivity index (χ0n) is 11.0. The van der Waals surface area contributed by atoms with Crippen LogP contribution in [0.1, 0.15) is 17.3 Å². The maximum Gasteiger partial charge on any atom is 0.292 e. The standard InChI is InChI=1S/C12H11N5O4/c1-6-14-12(21-16-6)5-13-9-4-8-7(3-11(18)15-8)2-10(9)17(19)20/h2,4,13H,3,5H2,1H3,(H,15,18). The van der Waals surface area contributed by atoms with Crippen molar-refractivity contribution in [3.05, 3.63) is 39.5 Å². The molecule has 2 aromatic rings. The Morgan fingerprint density at radius 1 is 1.52 bits per heavy atom. The number of rotatable bonds is 4. The molecule has 108 valence electrons. The van der Waals surface area contributed by atoms with Gasteiger partial charge in [-0.1, -0.05) is 5.16 Å². The Hall–Kier alpha value is -2.97. The molecule has 9 nitrogen and oxygen atoms in total. The van der Waals surface area contributed by atoms with Gasteiger partial charge in [0.1, 0.15) is 5.69 Å². The van der Waals surface area contributed by atoms with Crippen LogP contribution in [0.3, 0.4) is 0 Å². The highest BCUT2D eigenvalue weighted by Crippen LogP contribution is 2.34. The summed E-state index contributed by atoms with van der Waals surface area (Å²) in [4.78, 5) is 26.0. The lowest BCUT2D eigenvalue weighted by molar-refractivity contribution is -0.384. The van der Waals surface area contributed by atoms with Crippen LogP contribution in [-0.2, 0) is 17.8 Å². The summed E-state index contributed by atoms with van der Waals surface area (Å²) >= 11 is 0. The van der Waals surface area contributed by atoms with Crippen molar-refractivity contribution in [1.82, 2.24) is 10.1 Å². The molecule has 21 heavy (non-hydrogen) atoms. The largest absolute Gasteiger partial charge is 0.370 e. The number of fused-ring (bicyclic) bond motifs is 1. The number of anilines is 2. The quantitative estimate of drug-likeness (QED) is 0.643. The number of carbonyl (C=O) groups is 1. The summed E-state index contributed by atoms with van der Waals surface area (Å²) in [6, 6.07) is 2.94. The summed E-state index contributed by atoms with van der Waals surface area (Å²) in [5.74, 6) is 0.637. The molecule has 0 saturated heterocycles. The van der Waals surface area contributed by atoms with E-state index < -0.39 is 4.92 Å². The molecule has 2 heterocycles. The number of benzene rings is 1. The van der Waals surface area contributed by atoms with Crippen molar-refractivity contribution in [2.24, 2.45) is 0 Å². The Morgan fingerprint density at radius 2 is 2.33 bits per heavy atom. The van der Waals surface area contributed by atoms with E-state index in [9.17, 15) is 14.9 Å². The Bertz CT molecular complexity index is 739. The van der Waals surface area contributed by atoms with Gasteiger partial charge in [-0.25, -0.2) is 0 Å². The fourth-order valence-corrected chi connectivity index (χ4v) is 2.14. The molecule has 1 amide bonds. The van der Waals surface area contributed by atoms with E-state index in [4.69, 9.17) is 4.52 Å². The molecule has 1 aliphatic heterocycles. The highest BCUT2D eigenvalue weighted by atomic mass is 16.6. The molecule has 0 fully saturated rings. The number of carbonyl (C=O) groups excluding carboxylic acids is 1. The summed E-state index contributed by atoms with van der Waals surface area (Å²) in [5.41, 5.74) is 1.39. The molecule has 9 heteroatoms. The van der Waals surface area contributed by atoms with Crippen molar-refractivity contribution in [2.75, 3.05) is 10.6 Å². The third-order valence-electron chi connectivity index (χ3n) is 3.04. The molecular weight excluding hydrogens is 278 g/mol. The molecule has 0 aliphatic carbocycles. The fourth-order valence-electron chi connectivity index (χ4n) is 2.14. The van der Waals surface area contributed by atoms with Gasteiger partial charge in [0, 0.05) is 11.8 Å². The minimum atomic E-state index is -0.496. The molecule has 1 aromatic carbocycles. The van der Waals surface area contributed by atoms with Crippen LogP contribution in [-0.4, -0.2) is 21.0 Å². The average molecular weight is 289 g/mol. The van der Waals surface area contributed by atoms with Crippen molar-refractivity contribution in [3.63, 3.8) is 0 Å². The molecule has 1 aromatic heterocycles. The van der Waals surface area contributed by atoms with Crippen LogP contribution in [0.5, 0.6) is 0 Å². The molecule has 0 saturated carbocycles. The second-order valence-corrected chi connectivity index (χ2v) is 4.60. The smallest absolute Gasteiger partial charge is 0.292 e. The van der Waals surface area contributed by atoms with Crippen molar-refractivity contribution >= 4 is 23.0 Å². The lowest BCUT2D eigenvalue weighted by Gasteiger charge is -2.07. The van der Waals surface area contributed by atoms with Crippen LogP contribution in [0.4, 0.5) is 17.1 Å². The van der Waals surface area contributed by atoms with Gasteiger partial charge in [0.05, 0.1) is 17.9 Å². The Morgan fingerprint density at radius 3 is 3.00 bits per heavy atom. The normalized spacial score (nSPS) is 12.9. The molecular formula is C12H11N5O4. The van der Waals surface area contributed by atoms with Crippen molar-refractivity contribution in [1.29, 1.82) is 0 Å². The number of nitro benzene ring substituents is 1. The topological polar surface area (TPSA) is 123 Å². The average Bonchev–Trinajstić information content (AvgIpc) is 2.99. The van der Waals surface area contributed by atoms with Crippen LogP contribution < -0.4 is 10.6 Å². The summed E-state index contributed by atoms with van der Waals surface area (Å²) < 4.78 is 4.93. The van der Waals surface area contributed by atoms with E-state index in [-0.39, 0.29) is 30.2 Å². The van der Waals surface area contributed by atoms with Gasteiger partial charge < -0.3 is 15.2 Å². The third kappa shape index (κ3) is 2.53. The van der Waals surface area contributed by atoms with Gasteiger partial charge in [-0.2, -0.15) is 4.98 Å². The predicted octanol–water partition coefficient (Wildman–Crippen LogP) is 1.39. The van der Waals surface area contributed by atoms with Crippen LogP contribution in [0.15, 0.2) is 16.7 Å². The molecule has 1 aliphatic rings. The number of amides is 1. The van der Waals surface area contributed by atoms with Crippen molar-refractivity contribution in [2.45, 2.75) is 19.9 Å². The summed E-state index contributed by atoms with van der Waals surface area (Å²) in [6.45, 7) is 1.84. The third-order valence-corrected chi connectivity index (χ3v) is 3.04. The van der Waals surface area contributed by atoms with Crippen LogP contribution >= 0.6 is 0 Å². The highest BCUT2D eigenvalue weighted by molar-refractivity contribution is 6.00. The number of nitrogens with one attached hydrogen (secondary N) is 2. The number of aryl methyl sites for hydroxylation is 1. The fraction of sp³-hybridized carbons (Fsp3) is 0.250. The molecule has 0 bridgehead atoms. The van der Waals surface area contributed by atoms with E-state index in [1.165, 1.54) is 6.07 Å². The van der Waals surface area contributed by atoms with Crippen LogP contribution in [0.25, 0.3) is 0 Å². The van der Waals surface area contributed by atoms with Crippen LogP contribution in [0.2, 0.25) is 0 Å². The molecule has 2 N–H and O–H groups in total. The van der Waals surface area contributed by atoms with E-state index in [1.54, 1.807) is 13.0 Å². The summed E-state index contributed by atoms with van der Waals surface area (Å²) in [7, 11) is 0. The number of aromatic nitrogens is 2. The lowest BCUT2D eigenvalue weighted by Crippen LogP contribution is -2.05. The van der Waals surface area contributed by atoms with E-state index in [0.717, 1.165) is 0 Å².